The lowest BCUT2D eigenvalue weighted by Crippen LogP contribution is -2.15. The van der Waals surface area contributed by atoms with Crippen LogP contribution in [-0.4, -0.2) is 22.2 Å². The van der Waals surface area contributed by atoms with Gasteiger partial charge in [0.1, 0.15) is 0 Å². The van der Waals surface area contributed by atoms with Crippen molar-refractivity contribution in [2.45, 2.75) is 40.0 Å². The second-order valence-electron chi connectivity index (χ2n) is 5.08. The van der Waals surface area contributed by atoms with Gasteiger partial charge in [-0.1, -0.05) is 33.3 Å². The van der Waals surface area contributed by atoms with Gasteiger partial charge < -0.3 is 10.2 Å². The molecule has 0 aromatic heterocycles. The van der Waals surface area contributed by atoms with Crippen molar-refractivity contribution >= 4 is 11.9 Å². The van der Waals surface area contributed by atoms with Crippen LogP contribution < -0.4 is 0 Å². The van der Waals surface area contributed by atoms with E-state index >= 15 is 0 Å². The lowest BCUT2D eigenvalue weighted by Gasteiger charge is -2.16. The average Bonchev–Trinajstić information content (AvgIpc) is 2.29. The van der Waals surface area contributed by atoms with Crippen molar-refractivity contribution in [1.82, 2.24) is 0 Å². The first kappa shape index (κ1) is 15.2. The summed E-state index contributed by atoms with van der Waals surface area (Å²) < 4.78 is 0. The summed E-state index contributed by atoms with van der Waals surface area (Å²) in [4.78, 5) is 22.6. The first-order chi connectivity index (χ1) is 8.88. The Balaban J connectivity index is 3.51. The van der Waals surface area contributed by atoms with E-state index in [0.717, 1.165) is 18.4 Å². The van der Waals surface area contributed by atoms with Gasteiger partial charge in [0.25, 0.3) is 0 Å². The van der Waals surface area contributed by atoms with Crippen LogP contribution in [0, 0.1) is 5.92 Å². The zero-order valence-corrected chi connectivity index (χ0v) is 11.6. The van der Waals surface area contributed by atoms with Crippen LogP contribution in [0.15, 0.2) is 12.1 Å². The van der Waals surface area contributed by atoms with Crippen molar-refractivity contribution in [1.29, 1.82) is 0 Å². The molecule has 0 radical (unpaired) electrons. The molecule has 0 unspecified atom stereocenters. The fourth-order valence-corrected chi connectivity index (χ4v) is 2.26. The molecule has 0 spiro atoms. The van der Waals surface area contributed by atoms with E-state index in [1.807, 2.05) is 20.8 Å². The van der Waals surface area contributed by atoms with Gasteiger partial charge in [-0.25, -0.2) is 9.59 Å². The molecule has 0 saturated heterocycles. The predicted molar refractivity (Wildman–Crippen MR) is 72.9 cm³/mol. The van der Waals surface area contributed by atoms with E-state index in [0.29, 0.717) is 12.0 Å². The van der Waals surface area contributed by atoms with E-state index < -0.39 is 11.9 Å². The molecule has 0 aliphatic carbocycles. The van der Waals surface area contributed by atoms with Gasteiger partial charge in [-0.3, -0.25) is 0 Å². The van der Waals surface area contributed by atoms with Gasteiger partial charge in [0.2, 0.25) is 0 Å². The first-order valence-corrected chi connectivity index (χ1v) is 6.49. The molecule has 104 valence electrons. The molecule has 0 bridgehead atoms. The lowest BCUT2D eigenvalue weighted by molar-refractivity contribution is 0.0650. The second kappa shape index (κ2) is 6.36. The van der Waals surface area contributed by atoms with Crippen LogP contribution in [0.25, 0.3) is 0 Å². The Kier molecular flexibility index (Phi) is 5.10. The molecule has 0 heterocycles. The van der Waals surface area contributed by atoms with Crippen molar-refractivity contribution < 1.29 is 19.8 Å². The van der Waals surface area contributed by atoms with E-state index in [4.69, 9.17) is 5.11 Å². The summed E-state index contributed by atoms with van der Waals surface area (Å²) in [6.07, 6.45) is 2.25. The van der Waals surface area contributed by atoms with Gasteiger partial charge in [-0.05, 0) is 36.0 Å². The number of carboxylic acid groups (broad SMARTS) is 2. The highest BCUT2D eigenvalue weighted by molar-refractivity contribution is 6.03. The van der Waals surface area contributed by atoms with E-state index in [1.165, 1.54) is 6.07 Å². The van der Waals surface area contributed by atoms with Crippen molar-refractivity contribution in [3.63, 3.8) is 0 Å². The van der Waals surface area contributed by atoms with Crippen LogP contribution in [0.2, 0.25) is 0 Å². The Hall–Kier alpha value is -1.84. The third kappa shape index (κ3) is 3.56. The number of hydrogen-bond donors (Lipinski definition) is 2. The molecule has 1 aromatic carbocycles. The van der Waals surface area contributed by atoms with E-state index in [2.05, 4.69) is 0 Å². The quantitative estimate of drug-likeness (QED) is 0.827. The van der Waals surface area contributed by atoms with Crippen LogP contribution in [0.1, 0.15) is 59.0 Å². The maximum atomic E-state index is 11.4. The van der Waals surface area contributed by atoms with Crippen molar-refractivity contribution in [2.75, 3.05) is 0 Å². The largest absolute Gasteiger partial charge is 0.478 e. The molecule has 19 heavy (non-hydrogen) atoms. The number of rotatable bonds is 6. The van der Waals surface area contributed by atoms with Crippen molar-refractivity contribution in [3.8, 4) is 0 Å². The summed E-state index contributed by atoms with van der Waals surface area (Å²) in [6, 6.07) is 3.15. The number of carboxylic acids is 2. The Bertz CT molecular complexity index is 489. The summed E-state index contributed by atoms with van der Waals surface area (Å²) in [5.41, 5.74) is 1.44. The van der Waals surface area contributed by atoms with Crippen molar-refractivity contribution in [3.05, 3.63) is 34.4 Å². The van der Waals surface area contributed by atoms with Gasteiger partial charge in [-0.15, -0.1) is 0 Å². The van der Waals surface area contributed by atoms with Crippen LogP contribution >= 0.6 is 0 Å². The van der Waals surface area contributed by atoms with Gasteiger partial charge in [0.05, 0.1) is 11.1 Å². The molecule has 0 aliphatic rings. The Morgan fingerprint density at radius 1 is 1.16 bits per heavy atom. The highest BCUT2D eigenvalue weighted by Gasteiger charge is 2.22. The SMILES string of the molecule is CCCc1ccc(C(=O)O)c(C(=O)O)c1CC(C)C. The predicted octanol–water partition coefficient (Wildman–Crippen LogP) is 3.23. The normalized spacial score (nSPS) is 10.7. The summed E-state index contributed by atoms with van der Waals surface area (Å²) in [6.45, 7) is 6.01. The number of benzene rings is 1. The number of aryl methyl sites for hydroxylation is 1. The molecule has 0 amide bonds. The van der Waals surface area contributed by atoms with Gasteiger partial charge >= 0.3 is 11.9 Å². The zero-order valence-electron chi connectivity index (χ0n) is 11.6. The molecule has 0 fully saturated rings. The van der Waals surface area contributed by atoms with Crippen LogP contribution in [0.5, 0.6) is 0 Å². The zero-order chi connectivity index (χ0) is 14.6. The van der Waals surface area contributed by atoms with Crippen molar-refractivity contribution in [2.24, 2.45) is 5.92 Å². The van der Waals surface area contributed by atoms with Gasteiger partial charge in [0.15, 0.2) is 0 Å². The molecular weight excluding hydrogens is 244 g/mol. The topological polar surface area (TPSA) is 74.6 Å². The number of aromatic carboxylic acids is 2. The number of carbonyl (C=O) groups is 2. The highest BCUT2D eigenvalue weighted by atomic mass is 16.4. The smallest absolute Gasteiger partial charge is 0.336 e. The lowest BCUT2D eigenvalue weighted by atomic mass is 9.88. The minimum atomic E-state index is -1.19. The molecule has 2 N–H and O–H groups in total. The fraction of sp³-hybridized carbons (Fsp3) is 0.467. The second-order valence-corrected chi connectivity index (χ2v) is 5.08. The maximum Gasteiger partial charge on any atom is 0.336 e. The molecule has 1 aromatic rings. The Morgan fingerprint density at radius 3 is 2.21 bits per heavy atom. The summed E-state index contributed by atoms with van der Waals surface area (Å²) >= 11 is 0. The van der Waals surface area contributed by atoms with E-state index in [-0.39, 0.29) is 17.0 Å². The van der Waals surface area contributed by atoms with Gasteiger partial charge in [-0.2, -0.15) is 0 Å². The molecule has 1 rings (SSSR count). The summed E-state index contributed by atoms with van der Waals surface area (Å²) in [7, 11) is 0. The summed E-state index contributed by atoms with van der Waals surface area (Å²) in [5, 5.41) is 18.5. The van der Waals surface area contributed by atoms with Crippen LogP contribution in [0.3, 0.4) is 0 Å². The third-order valence-corrected chi connectivity index (χ3v) is 2.99. The fourth-order valence-electron chi connectivity index (χ4n) is 2.26. The Labute approximate surface area is 113 Å². The van der Waals surface area contributed by atoms with Crippen LogP contribution in [-0.2, 0) is 12.8 Å². The summed E-state index contributed by atoms with van der Waals surface area (Å²) in [5.74, 6) is -2.07. The van der Waals surface area contributed by atoms with E-state index in [1.54, 1.807) is 6.07 Å². The standard InChI is InChI=1S/C15H20O4/c1-4-5-10-6-7-11(14(16)17)13(15(18)19)12(10)8-9(2)3/h6-7,9H,4-5,8H2,1-3H3,(H,16,17)(H,18,19). The molecule has 4 nitrogen and oxygen atoms in total. The molecular formula is C15H20O4. The molecule has 0 aliphatic heterocycles. The molecule has 0 saturated carbocycles. The monoisotopic (exact) mass is 264 g/mol. The van der Waals surface area contributed by atoms with E-state index in [9.17, 15) is 14.7 Å². The third-order valence-electron chi connectivity index (χ3n) is 2.99. The molecule has 0 atom stereocenters. The Morgan fingerprint density at radius 2 is 1.79 bits per heavy atom. The highest BCUT2D eigenvalue weighted by Crippen LogP contribution is 2.24. The maximum absolute atomic E-state index is 11.4. The van der Waals surface area contributed by atoms with Gasteiger partial charge in [0, 0.05) is 0 Å². The first-order valence-electron chi connectivity index (χ1n) is 6.49. The number of hydrogen-bond acceptors (Lipinski definition) is 2. The minimum Gasteiger partial charge on any atom is -0.478 e. The minimum absolute atomic E-state index is 0.0489. The average molecular weight is 264 g/mol. The molecule has 4 heteroatoms. The van der Waals surface area contributed by atoms with Crippen LogP contribution in [0.4, 0.5) is 0 Å².